The summed E-state index contributed by atoms with van der Waals surface area (Å²) in [5.41, 5.74) is 2.97. The number of pyridine rings is 1. The third kappa shape index (κ3) is 4.06. The Hall–Kier alpha value is -3.80. The number of aryl methyl sites for hydroxylation is 1. The van der Waals surface area contributed by atoms with Crippen LogP contribution in [0.15, 0.2) is 77.9 Å². The van der Waals surface area contributed by atoms with Gasteiger partial charge < -0.3 is 5.32 Å². The summed E-state index contributed by atoms with van der Waals surface area (Å²) in [7, 11) is 0. The largest absolute Gasteiger partial charge is 0.346 e. The predicted octanol–water partition coefficient (Wildman–Crippen LogP) is 3.08. The average Bonchev–Trinajstić information content (AvgIpc) is 2.75. The van der Waals surface area contributed by atoms with Crippen LogP contribution in [0.25, 0.3) is 10.8 Å². The Kier molecular flexibility index (Phi) is 5.16. The lowest BCUT2D eigenvalue weighted by molar-refractivity contribution is 0.0950. The first-order valence-electron chi connectivity index (χ1n) is 9.34. The molecule has 0 aliphatic carbocycles. The minimum absolute atomic E-state index is 0.168. The summed E-state index contributed by atoms with van der Waals surface area (Å²) < 4.78 is 1.42. The zero-order chi connectivity index (χ0) is 20.2. The van der Waals surface area contributed by atoms with E-state index in [-0.39, 0.29) is 18.0 Å². The molecule has 0 aliphatic rings. The standard InChI is InChI=1S/C23H20N4O2/c1-16-6-4-8-18(12-16)22(28)25-14-21-19-9-2-3-10-20(19)23(29)27(26-21)15-17-7-5-11-24-13-17/h2-13H,14-15H2,1H3,(H,25,28). The van der Waals surface area contributed by atoms with Crippen molar-refractivity contribution in [2.45, 2.75) is 20.0 Å². The quantitative estimate of drug-likeness (QED) is 0.574. The maximum atomic E-state index is 12.9. The minimum atomic E-state index is -0.176. The van der Waals surface area contributed by atoms with Gasteiger partial charge >= 0.3 is 0 Å². The highest BCUT2D eigenvalue weighted by Crippen LogP contribution is 2.14. The summed E-state index contributed by atoms with van der Waals surface area (Å²) in [5, 5.41) is 8.77. The van der Waals surface area contributed by atoms with Gasteiger partial charge in [-0.25, -0.2) is 4.68 Å². The molecule has 4 aromatic rings. The zero-order valence-electron chi connectivity index (χ0n) is 16.0. The first kappa shape index (κ1) is 18.6. The van der Waals surface area contributed by atoms with Crippen molar-refractivity contribution in [3.8, 4) is 0 Å². The molecule has 144 valence electrons. The summed E-state index contributed by atoms with van der Waals surface area (Å²) in [6, 6.07) is 18.5. The topological polar surface area (TPSA) is 76.9 Å². The van der Waals surface area contributed by atoms with E-state index in [1.54, 1.807) is 24.5 Å². The van der Waals surface area contributed by atoms with Crippen LogP contribution < -0.4 is 10.9 Å². The number of nitrogens with zero attached hydrogens (tertiary/aromatic N) is 3. The molecule has 0 unspecified atom stereocenters. The summed E-state index contributed by atoms with van der Waals surface area (Å²) >= 11 is 0. The summed E-state index contributed by atoms with van der Waals surface area (Å²) in [4.78, 5) is 29.5. The maximum Gasteiger partial charge on any atom is 0.274 e. The maximum absolute atomic E-state index is 12.9. The van der Waals surface area contributed by atoms with Crippen molar-refractivity contribution in [1.29, 1.82) is 0 Å². The molecule has 0 bridgehead atoms. The van der Waals surface area contributed by atoms with Gasteiger partial charge in [-0.1, -0.05) is 42.0 Å². The third-order valence-electron chi connectivity index (χ3n) is 4.70. The molecular weight excluding hydrogens is 364 g/mol. The van der Waals surface area contributed by atoms with Crippen molar-refractivity contribution in [3.63, 3.8) is 0 Å². The van der Waals surface area contributed by atoms with Gasteiger partial charge in [0.2, 0.25) is 0 Å². The van der Waals surface area contributed by atoms with Crippen molar-refractivity contribution in [2.75, 3.05) is 0 Å². The molecule has 2 aromatic heterocycles. The molecule has 0 atom stereocenters. The fourth-order valence-electron chi connectivity index (χ4n) is 3.26. The third-order valence-corrected chi connectivity index (χ3v) is 4.70. The van der Waals surface area contributed by atoms with E-state index in [0.717, 1.165) is 16.5 Å². The first-order chi connectivity index (χ1) is 14.1. The summed E-state index contributed by atoms with van der Waals surface area (Å²) in [5.74, 6) is -0.176. The van der Waals surface area contributed by atoms with E-state index >= 15 is 0 Å². The van der Waals surface area contributed by atoms with Crippen LogP contribution in [0.5, 0.6) is 0 Å². The van der Waals surface area contributed by atoms with Gasteiger partial charge in [-0.05, 0) is 36.8 Å². The monoisotopic (exact) mass is 384 g/mol. The number of benzene rings is 2. The molecule has 29 heavy (non-hydrogen) atoms. The lowest BCUT2D eigenvalue weighted by Gasteiger charge is -2.12. The van der Waals surface area contributed by atoms with E-state index in [0.29, 0.717) is 23.2 Å². The van der Waals surface area contributed by atoms with Crippen LogP contribution in [0.3, 0.4) is 0 Å². The Labute approximate surface area is 167 Å². The van der Waals surface area contributed by atoms with Crippen molar-refractivity contribution < 1.29 is 4.79 Å². The van der Waals surface area contributed by atoms with Crippen LogP contribution in [0.2, 0.25) is 0 Å². The average molecular weight is 384 g/mol. The smallest absolute Gasteiger partial charge is 0.274 e. The van der Waals surface area contributed by atoms with Gasteiger partial charge in [0.05, 0.1) is 24.2 Å². The van der Waals surface area contributed by atoms with Crippen LogP contribution in [0.4, 0.5) is 0 Å². The Morgan fingerprint density at radius 3 is 2.62 bits per heavy atom. The van der Waals surface area contributed by atoms with Gasteiger partial charge in [-0.3, -0.25) is 14.6 Å². The van der Waals surface area contributed by atoms with Crippen LogP contribution in [-0.2, 0) is 13.1 Å². The number of fused-ring (bicyclic) bond motifs is 1. The molecule has 0 fully saturated rings. The van der Waals surface area contributed by atoms with Crippen LogP contribution in [-0.4, -0.2) is 20.7 Å². The molecule has 1 N–H and O–H groups in total. The van der Waals surface area contributed by atoms with Crippen LogP contribution in [0.1, 0.15) is 27.2 Å². The van der Waals surface area contributed by atoms with Crippen LogP contribution in [0, 0.1) is 6.92 Å². The van der Waals surface area contributed by atoms with E-state index in [4.69, 9.17) is 0 Å². The Bertz CT molecular complexity index is 1230. The summed E-state index contributed by atoms with van der Waals surface area (Å²) in [6.45, 7) is 2.48. The number of hydrogen-bond acceptors (Lipinski definition) is 4. The first-order valence-corrected chi connectivity index (χ1v) is 9.34. The molecule has 0 saturated carbocycles. The van der Waals surface area contributed by atoms with Crippen molar-refractivity contribution in [1.82, 2.24) is 20.1 Å². The molecule has 0 radical (unpaired) electrons. The molecule has 0 aliphatic heterocycles. The molecule has 6 heteroatoms. The fourth-order valence-corrected chi connectivity index (χ4v) is 3.26. The van der Waals surface area contributed by atoms with Crippen LogP contribution >= 0.6 is 0 Å². The van der Waals surface area contributed by atoms with E-state index < -0.39 is 0 Å². The van der Waals surface area contributed by atoms with E-state index in [9.17, 15) is 9.59 Å². The Balaban J connectivity index is 1.67. The summed E-state index contributed by atoms with van der Waals surface area (Å²) in [6.07, 6.45) is 3.40. The Morgan fingerprint density at radius 2 is 1.86 bits per heavy atom. The highest BCUT2D eigenvalue weighted by molar-refractivity contribution is 5.94. The number of carbonyl (C=O) groups excluding carboxylic acids is 1. The predicted molar refractivity (Wildman–Crippen MR) is 112 cm³/mol. The second-order valence-electron chi connectivity index (χ2n) is 6.87. The molecule has 2 heterocycles. The Morgan fingerprint density at radius 1 is 1.03 bits per heavy atom. The van der Waals surface area contributed by atoms with Gasteiger partial charge in [-0.2, -0.15) is 5.10 Å². The zero-order valence-corrected chi connectivity index (χ0v) is 16.0. The second kappa shape index (κ2) is 8.06. The molecule has 6 nitrogen and oxygen atoms in total. The minimum Gasteiger partial charge on any atom is -0.346 e. The highest BCUT2D eigenvalue weighted by Gasteiger charge is 2.12. The molecular formula is C23H20N4O2. The number of carbonyl (C=O) groups is 1. The molecule has 4 rings (SSSR count). The number of rotatable bonds is 5. The van der Waals surface area contributed by atoms with Crippen molar-refractivity contribution in [3.05, 3.63) is 106 Å². The van der Waals surface area contributed by atoms with Gasteiger partial charge in [0.15, 0.2) is 0 Å². The number of amides is 1. The van der Waals surface area contributed by atoms with Gasteiger partial charge in [-0.15, -0.1) is 0 Å². The van der Waals surface area contributed by atoms with Gasteiger partial charge in [0.25, 0.3) is 11.5 Å². The number of aromatic nitrogens is 3. The molecule has 2 aromatic carbocycles. The van der Waals surface area contributed by atoms with Gasteiger partial charge in [0, 0.05) is 23.3 Å². The lowest BCUT2D eigenvalue weighted by atomic mass is 10.1. The van der Waals surface area contributed by atoms with Crippen molar-refractivity contribution in [2.24, 2.45) is 0 Å². The molecule has 1 amide bonds. The lowest BCUT2D eigenvalue weighted by Crippen LogP contribution is -2.29. The van der Waals surface area contributed by atoms with E-state index in [1.807, 2.05) is 55.5 Å². The second-order valence-corrected chi connectivity index (χ2v) is 6.87. The molecule has 0 saturated heterocycles. The molecule has 0 spiro atoms. The normalized spacial score (nSPS) is 10.8. The number of hydrogen-bond donors (Lipinski definition) is 1. The highest BCUT2D eigenvalue weighted by atomic mass is 16.1. The number of nitrogens with one attached hydrogen (secondary N) is 1. The van der Waals surface area contributed by atoms with E-state index in [1.165, 1.54) is 4.68 Å². The van der Waals surface area contributed by atoms with Gasteiger partial charge in [0.1, 0.15) is 0 Å². The van der Waals surface area contributed by atoms with Crippen molar-refractivity contribution >= 4 is 16.7 Å². The van der Waals surface area contributed by atoms with E-state index in [2.05, 4.69) is 15.4 Å². The fraction of sp³-hybridized carbons (Fsp3) is 0.130. The SMILES string of the molecule is Cc1cccc(C(=O)NCc2nn(Cc3cccnc3)c(=O)c3ccccc23)c1.